The van der Waals surface area contributed by atoms with Gasteiger partial charge in [0.25, 0.3) is 0 Å². The minimum absolute atomic E-state index is 0. The van der Waals surface area contributed by atoms with E-state index in [1.807, 2.05) is 0 Å². The molecule has 0 heterocycles. The quantitative estimate of drug-likeness (QED) is 0.0935. The molecule has 4 unspecified atom stereocenters. The summed E-state index contributed by atoms with van der Waals surface area (Å²) in [6.07, 6.45) is 31.4. The number of rotatable bonds is 0. The third-order valence-electron chi connectivity index (χ3n) is 12.3. The largest absolute Gasteiger partial charge is 0.147 e. The molecule has 0 amide bonds. The van der Waals surface area contributed by atoms with E-state index < -0.39 is 0 Å². The monoisotopic (exact) mass is 1500 g/mol. The standard InChI is InChI=1S/2C15H12Br.2C14H10Br.2C2H6Si.4ClH.2Zr/c2*1-9-5-11-7-12-8-13(16)3-4-14(12)10(2)15(11)6-9;2*1-9-6-11-8-10-4-2-3-5-12(10)14(15)13(11)7-9;2*1-3-2;;;;;;/h2*3-4,6-8,10H,1-2H3;2*2-5,7-8,14H,1H3;2*1-2H3;4*1H;;/q4*-1;;;;;;;2*+2. The van der Waals surface area contributed by atoms with E-state index in [0.29, 0.717) is 21.5 Å². The average Bonchev–Trinajstić information content (AvgIpc) is 4.08. The van der Waals surface area contributed by atoms with Crippen molar-refractivity contribution < 1.29 is 46.7 Å². The molecule has 4 aromatic carbocycles. The molecular weight excluding hydrogens is 1440 g/mol. The van der Waals surface area contributed by atoms with E-state index in [1.54, 1.807) is 46.7 Å². The summed E-state index contributed by atoms with van der Waals surface area (Å²) in [6, 6.07) is 30.0. The molecule has 0 N–H and O–H groups in total. The van der Waals surface area contributed by atoms with Crippen molar-refractivity contribution in [1.82, 2.24) is 0 Å². The van der Waals surface area contributed by atoms with Crippen LogP contribution >= 0.6 is 113 Å². The summed E-state index contributed by atoms with van der Waals surface area (Å²) in [5.41, 5.74) is 26.6. The van der Waals surface area contributed by atoms with Crippen LogP contribution in [0.15, 0.2) is 185 Å². The molecule has 0 saturated heterocycles. The predicted molar refractivity (Wildman–Crippen MR) is 339 cm³/mol. The van der Waals surface area contributed by atoms with Gasteiger partial charge in [0.15, 0.2) is 0 Å². The maximum absolute atomic E-state index is 3.76. The van der Waals surface area contributed by atoms with Gasteiger partial charge in [0.05, 0.1) is 0 Å². The molecule has 8 aliphatic carbocycles. The van der Waals surface area contributed by atoms with Gasteiger partial charge in [-0.2, -0.15) is 57.7 Å². The Morgan fingerprint density at radius 2 is 0.662 bits per heavy atom. The van der Waals surface area contributed by atoms with Crippen LogP contribution in [-0.4, -0.2) is 10.9 Å². The summed E-state index contributed by atoms with van der Waals surface area (Å²) >= 11 is 18.0. The molecule has 0 fully saturated rings. The first kappa shape index (κ1) is 67.3. The Balaban J connectivity index is 0.000000244. The SMILES string of the molecule is CC1=[C-]C2=Cc3cc(Br)ccc3C(C)C2=C1.CC1=[C-]C2=Cc3cc(Br)ccc3C(C)C2=C1.CC1=[C-]C2=Cc3ccccc3C(Br)C2=C1.CC1=[C-]C2=Cc3ccccc3C(Br)C2=C1.C[Si](C)=[Zr+2].C[Si](C)=[Zr+2].Cl.Cl.Cl.Cl. The number of benzene rings is 4. The van der Waals surface area contributed by atoms with Gasteiger partial charge in [-0.25, -0.2) is 0 Å². The van der Waals surface area contributed by atoms with Crippen LogP contribution in [-0.2, 0) is 46.7 Å². The van der Waals surface area contributed by atoms with Crippen molar-refractivity contribution in [2.45, 2.75) is 89.2 Å². The van der Waals surface area contributed by atoms with Crippen LogP contribution in [0.3, 0.4) is 0 Å². The van der Waals surface area contributed by atoms with Crippen LogP contribution in [0.25, 0.3) is 24.3 Å². The molecule has 0 bridgehead atoms. The summed E-state index contributed by atoms with van der Waals surface area (Å²) in [4.78, 5) is 0.636. The van der Waals surface area contributed by atoms with E-state index in [1.165, 1.54) is 111 Å². The number of hydrogen-bond acceptors (Lipinski definition) is 0. The first-order chi connectivity index (χ1) is 33.3. The fourth-order valence-electron chi connectivity index (χ4n) is 9.31. The Hall–Kier alpha value is -0.960. The fourth-order valence-corrected chi connectivity index (χ4v) is 11.7. The molecule has 0 radical (unpaired) electrons. The second-order valence-electron chi connectivity index (χ2n) is 18.8. The van der Waals surface area contributed by atoms with Gasteiger partial charge in [-0.1, -0.05) is 199 Å². The van der Waals surface area contributed by atoms with Gasteiger partial charge in [0, 0.05) is 18.6 Å². The number of alkyl halides is 2. The summed E-state index contributed by atoms with van der Waals surface area (Å²) in [7, 11) is 0. The molecule has 4 aromatic rings. The van der Waals surface area contributed by atoms with Crippen LogP contribution in [0.4, 0.5) is 0 Å². The van der Waals surface area contributed by atoms with E-state index in [-0.39, 0.29) is 60.5 Å². The third kappa shape index (κ3) is 17.0. The first-order valence-corrected chi connectivity index (χ1v) is 39.3. The number of allylic oxidation sites excluding steroid dienone is 20. The molecule has 74 heavy (non-hydrogen) atoms. The van der Waals surface area contributed by atoms with E-state index in [0.717, 1.165) is 8.95 Å². The smallest absolute Gasteiger partial charge is 0.147 e. The van der Waals surface area contributed by atoms with Crippen molar-refractivity contribution in [1.29, 1.82) is 0 Å². The summed E-state index contributed by atoms with van der Waals surface area (Å²) in [5, 5.41) is 0. The van der Waals surface area contributed by atoms with Crippen molar-refractivity contribution in [3.8, 4) is 0 Å². The van der Waals surface area contributed by atoms with Crippen LogP contribution in [0.1, 0.15) is 108 Å². The average molecular weight is 1510 g/mol. The summed E-state index contributed by atoms with van der Waals surface area (Å²) in [6.45, 7) is 22.2. The maximum atomic E-state index is 3.76. The predicted octanol–water partition coefficient (Wildman–Crippen LogP) is 21.0. The molecule has 12 heteroatoms. The van der Waals surface area contributed by atoms with Crippen molar-refractivity contribution in [3.63, 3.8) is 0 Å². The molecule has 0 aromatic heterocycles. The van der Waals surface area contributed by atoms with Gasteiger partial charge in [-0.3, -0.25) is 0 Å². The summed E-state index contributed by atoms with van der Waals surface area (Å²) < 4.78 is 2.28. The Labute approximate surface area is 531 Å². The second-order valence-corrected chi connectivity index (χ2v) is 41.2. The minimum atomic E-state index is 0. The Kier molecular flexibility index (Phi) is 27.8. The topological polar surface area (TPSA) is 0 Å². The molecular formula is C62H60Br4Cl4Si2Zr2. The van der Waals surface area contributed by atoms with E-state index in [2.05, 4.69) is 289 Å². The number of fused-ring (bicyclic) bond motifs is 8. The third-order valence-corrected chi connectivity index (χ3v) is 15.3. The van der Waals surface area contributed by atoms with Crippen LogP contribution in [0.5, 0.6) is 0 Å². The number of hydrogen-bond donors (Lipinski definition) is 0. The fraction of sp³-hybridized carbons (Fsp3) is 0.226. The van der Waals surface area contributed by atoms with E-state index >= 15 is 0 Å². The van der Waals surface area contributed by atoms with E-state index in [4.69, 9.17) is 0 Å². The molecule has 380 valence electrons. The van der Waals surface area contributed by atoms with Crippen molar-refractivity contribution in [2.24, 2.45) is 0 Å². The molecule has 0 saturated carbocycles. The molecule has 12 rings (SSSR count). The second kappa shape index (κ2) is 30.6. The van der Waals surface area contributed by atoms with Gasteiger partial charge < -0.3 is 0 Å². The Morgan fingerprint density at radius 3 is 0.986 bits per heavy atom. The maximum Gasteiger partial charge on any atom is -0.147 e. The Bertz CT molecular complexity index is 3000. The molecule has 8 aliphatic rings. The minimum Gasteiger partial charge on any atom is -0.147 e. The van der Waals surface area contributed by atoms with Gasteiger partial charge in [-0.15, -0.1) is 132 Å². The zero-order valence-corrected chi connectivity index (χ0v) is 59.7. The zero-order valence-electron chi connectivity index (χ0n) is 43.2. The van der Waals surface area contributed by atoms with Gasteiger partial charge in [0.1, 0.15) is 0 Å². The van der Waals surface area contributed by atoms with Crippen LogP contribution in [0, 0.1) is 24.3 Å². The molecule has 4 atom stereocenters. The van der Waals surface area contributed by atoms with Gasteiger partial charge in [0.2, 0.25) is 0 Å². The Morgan fingerprint density at radius 1 is 0.392 bits per heavy atom. The van der Waals surface area contributed by atoms with Gasteiger partial charge >= 0.3 is 83.7 Å². The zero-order chi connectivity index (χ0) is 50.6. The van der Waals surface area contributed by atoms with E-state index in [9.17, 15) is 0 Å². The molecule has 0 aliphatic heterocycles. The van der Waals surface area contributed by atoms with Gasteiger partial charge in [-0.05, 0) is 47.2 Å². The molecule has 0 spiro atoms. The first-order valence-electron chi connectivity index (χ1n) is 23.5. The molecule has 0 nitrogen and oxygen atoms in total. The number of halogens is 8. The van der Waals surface area contributed by atoms with Crippen molar-refractivity contribution in [2.75, 3.05) is 0 Å². The van der Waals surface area contributed by atoms with Crippen LogP contribution in [0.2, 0.25) is 26.2 Å². The van der Waals surface area contributed by atoms with Crippen molar-refractivity contribution >= 4 is 149 Å². The summed E-state index contributed by atoms with van der Waals surface area (Å²) in [5.74, 6) is 0.959. The normalized spacial score (nSPS) is 19.4. The van der Waals surface area contributed by atoms with Crippen molar-refractivity contribution in [3.05, 3.63) is 254 Å². The van der Waals surface area contributed by atoms with Crippen LogP contribution < -0.4 is 0 Å².